The molecule has 0 fully saturated rings. The molecule has 6 heteroatoms. The van der Waals surface area contributed by atoms with Crippen LogP contribution < -0.4 is 17.2 Å². The molecule has 16 heavy (non-hydrogen) atoms. The van der Waals surface area contributed by atoms with Gasteiger partial charge in [-0.15, -0.1) is 0 Å². The number of nitrogens with zero attached hydrogens (tertiary/aromatic N) is 2. The van der Waals surface area contributed by atoms with Gasteiger partial charge in [-0.05, 0) is 27.7 Å². The Balaban J connectivity index is 3.25. The predicted molar refractivity (Wildman–Crippen MR) is 64.7 cm³/mol. The summed E-state index contributed by atoms with van der Waals surface area (Å²) in [5.74, 6) is 0.388. The second kappa shape index (κ2) is 3.95. The van der Waals surface area contributed by atoms with Crippen LogP contribution in [0.1, 0.15) is 39.4 Å². The Kier molecular flexibility index (Phi) is 3.16. The standard InChI is InChI=1S/C10H21N5O/c1-5(16)6(11)8-7(12)9(13)15(14-8)10(2,3)4/h5-6,16H,11-13H2,1-4H3. The van der Waals surface area contributed by atoms with Crippen LogP contribution in [0.3, 0.4) is 0 Å². The summed E-state index contributed by atoms with van der Waals surface area (Å²) < 4.78 is 1.62. The lowest BCUT2D eigenvalue weighted by atomic mass is 10.1. The van der Waals surface area contributed by atoms with Crippen molar-refractivity contribution in [3.63, 3.8) is 0 Å². The van der Waals surface area contributed by atoms with Crippen molar-refractivity contribution < 1.29 is 5.11 Å². The number of hydrogen-bond donors (Lipinski definition) is 4. The summed E-state index contributed by atoms with van der Waals surface area (Å²) in [5, 5.41) is 13.7. The van der Waals surface area contributed by atoms with Crippen molar-refractivity contribution >= 4 is 11.5 Å². The monoisotopic (exact) mass is 227 g/mol. The van der Waals surface area contributed by atoms with Gasteiger partial charge >= 0.3 is 0 Å². The molecule has 0 aliphatic heterocycles. The minimum absolute atomic E-state index is 0.269. The van der Waals surface area contributed by atoms with Crippen LogP contribution in [0.15, 0.2) is 0 Å². The summed E-state index contributed by atoms with van der Waals surface area (Å²) in [6, 6.07) is -0.620. The average Bonchev–Trinajstić information content (AvgIpc) is 2.42. The molecule has 0 saturated heterocycles. The van der Waals surface area contributed by atoms with Gasteiger partial charge in [-0.3, -0.25) is 0 Å². The van der Waals surface area contributed by atoms with E-state index >= 15 is 0 Å². The first-order chi connectivity index (χ1) is 7.16. The molecule has 1 aromatic rings. The molecule has 0 radical (unpaired) electrons. The van der Waals surface area contributed by atoms with E-state index in [0.29, 0.717) is 17.2 Å². The number of hydrogen-bond acceptors (Lipinski definition) is 5. The zero-order valence-corrected chi connectivity index (χ0v) is 10.2. The molecule has 2 unspecified atom stereocenters. The van der Waals surface area contributed by atoms with Crippen LogP contribution in [0.5, 0.6) is 0 Å². The molecule has 0 amide bonds. The fourth-order valence-electron chi connectivity index (χ4n) is 1.45. The highest BCUT2D eigenvalue weighted by Gasteiger charge is 2.26. The van der Waals surface area contributed by atoms with Crippen molar-refractivity contribution in [2.75, 3.05) is 11.5 Å². The van der Waals surface area contributed by atoms with Gasteiger partial charge in [-0.1, -0.05) is 0 Å². The van der Waals surface area contributed by atoms with E-state index in [9.17, 15) is 5.11 Å². The molecule has 1 heterocycles. The largest absolute Gasteiger partial charge is 0.394 e. The van der Waals surface area contributed by atoms with E-state index in [-0.39, 0.29) is 5.54 Å². The Bertz CT molecular complexity index is 377. The maximum Gasteiger partial charge on any atom is 0.146 e. The molecular weight excluding hydrogens is 206 g/mol. The van der Waals surface area contributed by atoms with Gasteiger partial charge in [0.25, 0.3) is 0 Å². The van der Waals surface area contributed by atoms with Gasteiger partial charge in [0.1, 0.15) is 11.5 Å². The molecule has 0 spiro atoms. The molecule has 1 aromatic heterocycles. The van der Waals surface area contributed by atoms with Crippen molar-refractivity contribution in [3.8, 4) is 0 Å². The Morgan fingerprint density at radius 2 is 1.81 bits per heavy atom. The summed E-state index contributed by atoms with van der Waals surface area (Å²) in [4.78, 5) is 0. The number of nitrogen functional groups attached to an aromatic ring is 2. The van der Waals surface area contributed by atoms with Crippen molar-refractivity contribution in [2.45, 2.75) is 45.4 Å². The average molecular weight is 227 g/mol. The van der Waals surface area contributed by atoms with Gasteiger partial charge in [-0.2, -0.15) is 5.10 Å². The SMILES string of the molecule is CC(O)C(N)c1nn(C(C)(C)C)c(N)c1N. The van der Waals surface area contributed by atoms with Crippen LogP contribution >= 0.6 is 0 Å². The summed E-state index contributed by atoms with van der Waals surface area (Å²) >= 11 is 0. The first-order valence-corrected chi connectivity index (χ1v) is 5.24. The summed E-state index contributed by atoms with van der Waals surface area (Å²) in [5.41, 5.74) is 18.0. The molecule has 92 valence electrons. The van der Waals surface area contributed by atoms with E-state index in [2.05, 4.69) is 5.10 Å². The zero-order valence-electron chi connectivity index (χ0n) is 10.2. The summed E-state index contributed by atoms with van der Waals surface area (Å²) in [7, 11) is 0. The Hall–Kier alpha value is -1.27. The molecular formula is C10H21N5O. The van der Waals surface area contributed by atoms with Gasteiger partial charge in [0, 0.05) is 0 Å². The summed E-state index contributed by atoms with van der Waals surface area (Å²) in [6.45, 7) is 7.49. The van der Waals surface area contributed by atoms with E-state index in [1.54, 1.807) is 11.6 Å². The maximum atomic E-state index is 9.43. The number of rotatable bonds is 2. The predicted octanol–water partition coefficient (Wildman–Crippen LogP) is 0.183. The Labute approximate surface area is 95.4 Å². The molecule has 0 saturated carbocycles. The third-order valence-corrected chi connectivity index (χ3v) is 2.46. The van der Waals surface area contributed by atoms with Gasteiger partial charge in [0.15, 0.2) is 0 Å². The number of aliphatic hydroxyl groups excluding tert-OH is 1. The van der Waals surface area contributed by atoms with Crippen LogP contribution in [0.2, 0.25) is 0 Å². The second-order valence-electron chi connectivity index (χ2n) is 5.03. The van der Waals surface area contributed by atoms with E-state index in [4.69, 9.17) is 17.2 Å². The molecule has 0 bridgehead atoms. The molecule has 0 aliphatic carbocycles. The van der Waals surface area contributed by atoms with Gasteiger partial charge in [-0.25, -0.2) is 4.68 Å². The van der Waals surface area contributed by atoms with Crippen LogP contribution in [0.25, 0.3) is 0 Å². The van der Waals surface area contributed by atoms with E-state index in [1.807, 2.05) is 20.8 Å². The molecule has 7 N–H and O–H groups in total. The fraction of sp³-hybridized carbons (Fsp3) is 0.700. The van der Waals surface area contributed by atoms with Crippen molar-refractivity contribution in [1.29, 1.82) is 0 Å². The molecule has 2 atom stereocenters. The minimum Gasteiger partial charge on any atom is -0.394 e. The fourth-order valence-corrected chi connectivity index (χ4v) is 1.45. The number of aromatic nitrogens is 2. The quantitative estimate of drug-likeness (QED) is 0.575. The topological polar surface area (TPSA) is 116 Å². The highest BCUT2D eigenvalue weighted by molar-refractivity contribution is 5.63. The third-order valence-electron chi connectivity index (χ3n) is 2.46. The maximum absolute atomic E-state index is 9.43. The van der Waals surface area contributed by atoms with Crippen molar-refractivity contribution in [1.82, 2.24) is 9.78 Å². The van der Waals surface area contributed by atoms with Crippen LogP contribution in [-0.4, -0.2) is 21.0 Å². The van der Waals surface area contributed by atoms with Gasteiger partial charge in [0.05, 0.1) is 23.4 Å². The summed E-state index contributed by atoms with van der Waals surface area (Å²) in [6.07, 6.45) is -0.718. The van der Waals surface area contributed by atoms with Gasteiger partial charge in [0.2, 0.25) is 0 Å². The third kappa shape index (κ3) is 2.12. The minimum atomic E-state index is -0.718. The molecule has 6 nitrogen and oxygen atoms in total. The lowest BCUT2D eigenvalue weighted by Crippen LogP contribution is -2.27. The van der Waals surface area contributed by atoms with E-state index < -0.39 is 12.1 Å². The van der Waals surface area contributed by atoms with Crippen LogP contribution in [0.4, 0.5) is 11.5 Å². The first kappa shape index (κ1) is 12.8. The molecule has 0 aliphatic rings. The highest BCUT2D eigenvalue weighted by atomic mass is 16.3. The zero-order chi connectivity index (χ0) is 12.7. The Morgan fingerprint density at radius 3 is 2.12 bits per heavy atom. The lowest BCUT2D eigenvalue weighted by molar-refractivity contribution is 0.162. The van der Waals surface area contributed by atoms with Crippen LogP contribution in [0, 0.1) is 0 Å². The highest BCUT2D eigenvalue weighted by Crippen LogP contribution is 2.29. The molecule has 1 rings (SSSR count). The molecule has 0 aromatic carbocycles. The number of anilines is 2. The smallest absolute Gasteiger partial charge is 0.146 e. The normalized spacial score (nSPS) is 16.1. The lowest BCUT2D eigenvalue weighted by Gasteiger charge is -2.20. The van der Waals surface area contributed by atoms with E-state index in [1.165, 1.54) is 0 Å². The second-order valence-corrected chi connectivity index (χ2v) is 5.03. The number of aliphatic hydroxyl groups is 1. The van der Waals surface area contributed by atoms with Crippen LogP contribution in [-0.2, 0) is 5.54 Å². The van der Waals surface area contributed by atoms with E-state index in [0.717, 1.165) is 0 Å². The first-order valence-electron chi connectivity index (χ1n) is 5.24. The Morgan fingerprint density at radius 1 is 1.31 bits per heavy atom. The van der Waals surface area contributed by atoms with Crippen molar-refractivity contribution in [2.24, 2.45) is 5.73 Å². The number of nitrogens with two attached hydrogens (primary N) is 3. The van der Waals surface area contributed by atoms with Gasteiger partial charge < -0.3 is 22.3 Å². The van der Waals surface area contributed by atoms with Crippen molar-refractivity contribution in [3.05, 3.63) is 5.69 Å².